The van der Waals surface area contributed by atoms with Crippen LogP contribution in [0.5, 0.6) is 5.88 Å². The molecule has 34 heavy (non-hydrogen) atoms. The molecule has 4 rings (SSSR count). The number of anilines is 1. The molecule has 3 heterocycles. The number of hydrogen-bond donors (Lipinski definition) is 0. The summed E-state index contributed by atoms with van der Waals surface area (Å²) in [5.41, 5.74) is 4.97. The summed E-state index contributed by atoms with van der Waals surface area (Å²) >= 11 is 0. The van der Waals surface area contributed by atoms with E-state index in [0.717, 1.165) is 0 Å². The highest BCUT2D eigenvalue weighted by atomic mass is 32.2. The highest BCUT2D eigenvalue weighted by Crippen LogP contribution is 2.34. The number of rotatable bonds is 5. The zero-order valence-corrected chi connectivity index (χ0v) is 20.8. The number of benzene rings is 1. The Morgan fingerprint density at radius 2 is 1.79 bits per heavy atom. The van der Waals surface area contributed by atoms with Crippen LogP contribution in [-0.2, 0) is 10.0 Å². The van der Waals surface area contributed by atoms with Gasteiger partial charge in [0.05, 0.1) is 23.9 Å². The minimum Gasteiger partial charge on any atom is -0.479 e. The van der Waals surface area contributed by atoms with Crippen LogP contribution in [0.3, 0.4) is 0 Å². The monoisotopic (exact) mass is 495 g/mol. The number of sulfonamides is 1. The first kappa shape index (κ1) is 23.4. The highest BCUT2D eigenvalue weighted by Gasteiger charge is 2.29. The quantitative estimate of drug-likeness (QED) is 0.235. The van der Waals surface area contributed by atoms with E-state index in [-0.39, 0.29) is 21.0 Å². The number of nitrogens with zero attached hydrogens (tertiary/aromatic N) is 5. The minimum atomic E-state index is -4.48. The third-order valence-electron chi connectivity index (χ3n) is 4.69. The van der Waals surface area contributed by atoms with Crippen LogP contribution in [-0.4, -0.2) is 43.2 Å². The van der Waals surface area contributed by atoms with E-state index in [1.807, 2.05) is 0 Å². The van der Waals surface area contributed by atoms with Crippen molar-refractivity contribution < 1.29 is 17.6 Å². The molecule has 0 N–H and O–H groups in total. The third kappa shape index (κ3) is 4.64. The second-order valence-corrected chi connectivity index (χ2v) is 14.9. The van der Waals surface area contributed by atoms with Gasteiger partial charge in [0.25, 0.3) is 10.0 Å². The fourth-order valence-electron chi connectivity index (χ4n) is 3.04. The van der Waals surface area contributed by atoms with E-state index in [0.29, 0.717) is 22.6 Å². The Morgan fingerprint density at radius 3 is 2.47 bits per heavy atom. The molecule has 0 unspecified atom stereocenters. The lowest BCUT2D eigenvalue weighted by Crippen LogP contribution is -2.23. The molecule has 1 aromatic carbocycles. The standard InChI is InChI=1S/C23H22FN5O3SSi/c1-32-23-21(29(24)33(30,31)19-8-6-5-7-9-19)14-17(15-26-23)20-10-11-22-25-16-18(28(22)27-20)12-13-34(2,3)4/h5-11,14-16H,1-4H3. The van der Waals surface area contributed by atoms with E-state index in [1.54, 1.807) is 28.9 Å². The van der Waals surface area contributed by atoms with Crippen molar-refractivity contribution in [1.82, 2.24) is 19.6 Å². The largest absolute Gasteiger partial charge is 0.479 e. The number of hydrogen-bond acceptors (Lipinski definition) is 6. The fourth-order valence-corrected chi connectivity index (χ4v) is 4.62. The Kier molecular flexibility index (Phi) is 6.12. The number of pyridine rings is 1. The average Bonchev–Trinajstić information content (AvgIpc) is 3.24. The van der Waals surface area contributed by atoms with Crippen molar-refractivity contribution in [3.05, 3.63) is 66.6 Å². The molecular formula is C23H22FN5O3SSi. The van der Waals surface area contributed by atoms with Crippen molar-refractivity contribution in [2.75, 3.05) is 11.6 Å². The van der Waals surface area contributed by atoms with Crippen LogP contribution in [0.25, 0.3) is 16.9 Å². The summed E-state index contributed by atoms with van der Waals surface area (Å²) in [4.78, 5) is 8.23. The predicted molar refractivity (Wildman–Crippen MR) is 130 cm³/mol. The zero-order valence-electron chi connectivity index (χ0n) is 19.0. The maximum absolute atomic E-state index is 15.3. The van der Waals surface area contributed by atoms with Gasteiger partial charge in [-0.25, -0.2) is 14.5 Å². The number of aromatic nitrogens is 4. The van der Waals surface area contributed by atoms with E-state index in [1.165, 1.54) is 43.6 Å². The van der Waals surface area contributed by atoms with Gasteiger partial charge in [0.15, 0.2) is 5.65 Å². The molecule has 0 fully saturated rings. The van der Waals surface area contributed by atoms with Crippen LogP contribution in [0, 0.1) is 11.5 Å². The first-order valence-electron chi connectivity index (χ1n) is 10.3. The Bertz CT molecular complexity index is 1520. The van der Waals surface area contributed by atoms with Gasteiger partial charge in [0.2, 0.25) is 5.88 Å². The SMILES string of the molecule is COc1ncc(-c2ccc3ncc(C#C[Si](C)(C)C)n3n2)cc1N(F)S(=O)(=O)c1ccccc1. The Hall–Kier alpha value is -3.75. The maximum Gasteiger partial charge on any atom is 0.290 e. The van der Waals surface area contributed by atoms with Crippen molar-refractivity contribution in [3.63, 3.8) is 0 Å². The molecule has 0 saturated heterocycles. The van der Waals surface area contributed by atoms with Gasteiger partial charge in [-0.3, -0.25) is 0 Å². The average molecular weight is 496 g/mol. The number of methoxy groups -OCH3 is 1. The molecule has 0 aliphatic heterocycles. The lowest BCUT2D eigenvalue weighted by atomic mass is 10.2. The second kappa shape index (κ2) is 8.89. The van der Waals surface area contributed by atoms with Crippen LogP contribution < -0.4 is 9.26 Å². The maximum atomic E-state index is 15.3. The lowest BCUT2D eigenvalue weighted by Gasteiger charge is -2.17. The van der Waals surface area contributed by atoms with Gasteiger partial charge in [-0.1, -0.05) is 52.8 Å². The molecule has 3 aromatic heterocycles. The molecule has 174 valence electrons. The molecule has 0 radical (unpaired) electrons. The Labute approximate surface area is 198 Å². The molecule has 0 aliphatic carbocycles. The van der Waals surface area contributed by atoms with Crippen LogP contribution in [0.15, 0.2) is 65.8 Å². The molecule has 0 saturated carbocycles. The number of fused-ring (bicyclic) bond motifs is 1. The molecule has 8 nitrogen and oxygen atoms in total. The summed E-state index contributed by atoms with van der Waals surface area (Å²) in [5.74, 6) is 2.95. The summed E-state index contributed by atoms with van der Waals surface area (Å²) in [7, 11) is -4.81. The summed E-state index contributed by atoms with van der Waals surface area (Å²) in [5, 5.41) is 4.58. The van der Waals surface area contributed by atoms with Gasteiger partial charge in [0.1, 0.15) is 19.5 Å². The normalized spacial score (nSPS) is 11.7. The van der Waals surface area contributed by atoms with Crippen LogP contribution in [0.2, 0.25) is 19.6 Å². The molecule has 11 heteroatoms. The van der Waals surface area contributed by atoms with Gasteiger partial charge >= 0.3 is 0 Å². The number of imidazole rings is 1. The molecule has 4 aromatic rings. The van der Waals surface area contributed by atoms with E-state index >= 15 is 4.48 Å². The van der Waals surface area contributed by atoms with E-state index in [4.69, 9.17) is 4.74 Å². The summed E-state index contributed by atoms with van der Waals surface area (Å²) in [6.45, 7) is 6.41. The van der Waals surface area contributed by atoms with Crippen LogP contribution in [0.1, 0.15) is 5.69 Å². The van der Waals surface area contributed by atoms with Crippen LogP contribution in [0.4, 0.5) is 10.2 Å². The van der Waals surface area contributed by atoms with Crippen LogP contribution >= 0.6 is 0 Å². The lowest BCUT2D eigenvalue weighted by molar-refractivity contribution is 0.391. The highest BCUT2D eigenvalue weighted by molar-refractivity contribution is 7.92. The summed E-state index contributed by atoms with van der Waals surface area (Å²) in [6, 6.07) is 12.1. The number of ether oxygens (including phenoxy) is 1. The van der Waals surface area contributed by atoms with Crippen molar-refractivity contribution in [3.8, 4) is 28.6 Å². The molecule has 0 bridgehead atoms. The van der Waals surface area contributed by atoms with Crippen molar-refractivity contribution >= 4 is 29.4 Å². The molecule has 0 aliphatic rings. The van der Waals surface area contributed by atoms with Gasteiger partial charge < -0.3 is 4.74 Å². The van der Waals surface area contributed by atoms with Crippen molar-refractivity contribution in [1.29, 1.82) is 0 Å². The smallest absolute Gasteiger partial charge is 0.290 e. The molecule has 0 atom stereocenters. The number of halogens is 1. The predicted octanol–water partition coefficient (Wildman–Crippen LogP) is 4.11. The first-order valence-corrected chi connectivity index (χ1v) is 15.2. The zero-order chi connectivity index (χ0) is 24.5. The second-order valence-electron chi connectivity index (χ2n) is 8.42. The summed E-state index contributed by atoms with van der Waals surface area (Å²) in [6.07, 6.45) is 3.08. The Balaban J connectivity index is 1.79. The fraction of sp³-hybridized carbons (Fsp3) is 0.174. The third-order valence-corrected chi connectivity index (χ3v) is 7.05. The van der Waals surface area contributed by atoms with Crippen molar-refractivity contribution in [2.45, 2.75) is 24.5 Å². The first-order chi connectivity index (χ1) is 16.1. The summed E-state index contributed by atoms with van der Waals surface area (Å²) < 4.78 is 47.3. The molecular weight excluding hydrogens is 473 g/mol. The minimum absolute atomic E-state index is 0.184. The van der Waals surface area contributed by atoms with Gasteiger partial charge in [-0.05, 0) is 30.3 Å². The van der Waals surface area contributed by atoms with E-state index < -0.39 is 18.1 Å². The van der Waals surface area contributed by atoms with Gasteiger partial charge in [-0.15, -0.1) is 5.54 Å². The van der Waals surface area contributed by atoms with Crippen molar-refractivity contribution in [2.24, 2.45) is 0 Å². The van der Waals surface area contributed by atoms with E-state index in [9.17, 15) is 8.42 Å². The molecule has 0 amide bonds. The topological polar surface area (TPSA) is 89.7 Å². The Morgan fingerprint density at radius 1 is 1.06 bits per heavy atom. The van der Waals surface area contributed by atoms with E-state index in [2.05, 4.69) is 46.2 Å². The van der Waals surface area contributed by atoms with Gasteiger partial charge in [0, 0.05) is 11.8 Å². The van der Waals surface area contributed by atoms with Gasteiger partial charge in [-0.2, -0.15) is 13.5 Å². The molecule has 0 spiro atoms.